The maximum atomic E-state index is 12.9. The summed E-state index contributed by atoms with van der Waals surface area (Å²) in [5, 5.41) is 3.29. The first kappa shape index (κ1) is 26.9. The zero-order valence-corrected chi connectivity index (χ0v) is 20.9. The Balaban J connectivity index is 1.76. The van der Waals surface area contributed by atoms with E-state index in [0.29, 0.717) is 36.8 Å². The van der Waals surface area contributed by atoms with Crippen molar-refractivity contribution in [2.45, 2.75) is 58.8 Å². The van der Waals surface area contributed by atoms with Gasteiger partial charge in [-0.25, -0.2) is 0 Å². The second-order valence-electron chi connectivity index (χ2n) is 9.35. The molecule has 1 fully saturated rings. The minimum Gasteiger partial charge on any atom is -0.366 e. The van der Waals surface area contributed by atoms with E-state index in [1.54, 1.807) is 23.1 Å². The zero-order valence-electron chi connectivity index (χ0n) is 20.2. The number of amides is 2. The number of hydrogen-bond acceptors (Lipinski definition) is 3. The van der Waals surface area contributed by atoms with Crippen LogP contribution in [0.1, 0.15) is 51.2 Å². The molecule has 0 aromatic heterocycles. The van der Waals surface area contributed by atoms with E-state index in [4.69, 9.17) is 11.6 Å². The van der Waals surface area contributed by atoms with Crippen molar-refractivity contribution in [3.8, 4) is 0 Å². The van der Waals surface area contributed by atoms with E-state index in [2.05, 4.69) is 5.32 Å². The van der Waals surface area contributed by atoms with Crippen LogP contribution in [-0.4, -0.2) is 35.8 Å². The highest BCUT2D eigenvalue weighted by Gasteiger charge is 2.31. The molecular weight excluding hydrogens is 479 g/mol. The second kappa shape index (κ2) is 11.3. The molecule has 9 heteroatoms. The van der Waals surface area contributed by atoms with Crippen LogP contribution in [0.25, 0.3) is 0 Å². The van der Waals surface area contributed by atoms with Crippen LogP contribution in [0.15, 0.2) is 42.5 Å². The highest BCUT2D eigenvalue weighted by molar-refractivity contribution is 6.33. The quantitative estimate of drug-likeness (QED) is 0.472. The lowest BCUT2D eigenvalue weighted by Gasteiger charge is -2.34. The van der Waals surface area contributed by atoms with E-state index in [-0.39, 0.29) is 17.7 Å². The average Bonchev–Trinajstić information content (AvgIpc) is 2.78. The molecule has 0 unspecified atom stereocenters. The molecule has 5 nitrogen and oxygen atoms in total. The van der Waals surface area contributed by atoms with Gasteiger partial charge in [-0.15, -0.1) is 0 Å². The number of nitrogens with zero attached hydrogens (tertiary/aromatic N) is 2. The van der Waals surface area contributed by atoms with Crippen LogP contribution >= 0.6 is 11.6 Å². The Labute approximate surface area is 209 Å². The Morgan fingerprint density at radius 2 is 1.83 bits per heavy atom. The van der Waals surface area contributed by atoms with E-state index >= 15 is 0 Å². The lowest BCUT2D eigenvalue weighted by Crippen LogP contribution is -2.49. The second-order valence-corrected chi connectivity index (χ2v) is 9.76. The van der Waals surface area contributed by atoms with Gasteiger partial charge in [-0.3, -0.25) is 9.59 Å². The molecule has 2 amide bonds. The van der Waals surface area contributed by atoms with E-state index in [1.807, 2.05) is 18.7 Å². The van der Waals surface area contributed by atoms with Gasteiger partial charge in [0, 0.05) is 32.2 Å². The average molecular weight is 510 g/mol. The maximum absolute atomic E-state index is 12.9. The van der Waals surface area contributed by atoms with Gasteiger partial charge in [-0.1, -0.05) is 37.6 Å². The number of hydrogen-bond donors (Lipinski definition) is 1. The number of piperidine rings is 1. The standard InChI is InChI=1S/C26H31ClF3N3O2/c1-17(2)15-32(16-19-7-9-20(10-8-19)26(28,29)30)23-12-11-21(14-22(23)27)31-25(35)24-6-4-5-13-33(24)18(3)34/h7-12,14,17,24H,4-6,13,15-16H2,1-3H3,(H,31,35)/t24-/m1/s1. The summed E-state index contributed by atoms with van der Waals surface area (Å²) in [5.74, 6) is -0.0814. The van der Waals surface area contributed by atoms with Crippen LogP contribution in [0.2, 0.25) is 5.02 Å². The first-order chi connectivity index (χ1) is 16.5. The molecule has 1 saturated heterocycles. The van der Waals surface area contributed by atoms with Crippen LogP contribution in [-0.2, 0) is 22.3 Å². The van der Waals surface area contributed by atoms with Crippen LogP contribution in [0.3, 0.4) is 0 Å². The van der Waals surface area contributed by atoms with Crippen molar-refractivity contribution in [2.24, 2.45) is 5.92 Å². The monoisotopic (exact) mass is 509 g/mol. The Morgan fingerprint density at radius 1 is 1.14 bits per heavy atom. The molecule has 3 rings (SSSR count). The Bertz CT molecular complexity index is 1040. The number of alkyl halides is 3. The molecule has 2 aromatic carbocycles. The first-order valence-corrected chi connectivity index (χ1v) is 12.1. The number of halogens is 4. The van der Waals surface area contributed by atoms with Crippen molar-refractivity contribution in [2.75, 3.05) is 23.3 Å². The highest BCUT2D eigenvalue weighted by atomic mass is 35.5. The van der Waals surface area contributed by atoms with Crippen LogP contribution in [0, 0.1) is 5.92 Å². The van der Waals surface area contributed by atoms with Gasteiger partial charge in [-0.2, -0.15) is 13.2 Å². The lowest BCUT2D eigenvalue weighted by atomic mass is 10.0. The lowest BCUT2D eigenvalue weighted by molar-refractivity contribution is -0.138. The molecule has 1 aliphatic rings. The van der Waals surface area contributed by atoms with Crippen LogP contribution in [0.4, 0.5) is 24.5 Å². The normalized spacial score (nSPS) is 16.3. The van der Waals surface area contributed by atoms with Crippen molar-refractivity contribution in [1.29, 1.82) is 0 Å². The molecule has 0 spiro atoms. The molecule has 1 N–H and O–H groups in total. The van der Waals surface area contributed by atoms with Gasteiger partial charge in [0.1, 0.15) is 6.04 Å². The maximum Gasteiger partial charge on any atom is 0.416 e. The molecule has 1 atom stereocenters. The predicted octanol–water partition coefficient (Wildman–Crippen LogP) is 6.36. The number of carbonyl (C=O) groups excluding carboxylic acids is 2. The number of rotatable bonds is 7. The minimum atomic E-state index is -4.38. The van der Waals surface area contributed by atoms with Crippen molar-refractivity contribution < 1.29 is 22.8 Å². The third kappa shape index (κ3) is 7.13. The Morgan fingerprint density at radius 3 is 2.40 bits per heavy atom. The van der Waals surface area contributed by atoms with Gasteiger partial charge in [0.15, 0.2) is 0 Å². The summed E-state index contributed by atoms with van der Waals surface area (Å²) in [6.45, 7) is 7.17. The molecule has 2 aromatic rings. The molecule has 0 saturated carbocycles. The number of anilines is 2. The molecule has 1 heterocycles. The van der Waals surface area contributed by atoms with Crippen molar-refractivity contribution in [1.82, 2.24) is 4.90 Å². The Hall–Kier alpha value is -2.74. The van der Waals surface area contributed by atoms with Crippen molar-refractivity contribution >= 4 is 34.8 Å². The summed E-state index contributed by atoms with van der Waals surface area (Å²) < 4.78 is 38.7. The fraction of sp³-hybridized carbons (Fsp3) is 0.462. The topological polar surface area (TPSA) is 52.7 Å². The predicted molar refractivity (Wildman–Crippen MR) is 132 cm³/mol. The first-order valence-electron chi connectivity index (χ1n) is 11.7. The largest absolute Gasteiger partial charge is 0.416 e. The minimum absolute atomic E-state index is 0.120. The Kier molecular flexibility index (Phi) is 8.70. The summed E-state index contributed by atoms with van der Waals surface area (Å²) in [6.07, 6.45) is -1.99. The van der Waals surface area contributed by atoms with Gasteiger partial charge >= 0.3 is 6.18 Å². The van der Waals surface area contributed by atoms with E-state index < -0.39 is 17.8 Å². The fourth-order valence-corrected chi connectivity index (χ4v) is 4.66. The third-order valence-corrected chi connectivity index (χ3v) is 6.31. The third-order valence-electron chi connectivity index (χ3n) is 6.01. The molecular formula is C26H31ClF3N3O2. The molecule has 0 aliphatic carbocycles. The molecule has 1 aliphatic heterocycles. The van der Waals surface area contributed by atoms with Gasteiger partial charge in [0.25, 0.3) is 0 Å². The summed E-state index contributed by atoms with van der Waals surface area (Å²) in [5.41, 5.74) is 1.29. The highest BCUT2D eigenvalue weighted by Crippen LogP contribution is 2.32. The van der Waals surface area contributed by atoms with Crippen molar-refractivity contribution in [3.63, 3.8) is 0 Å². The van der Waals surface area contributed by atoms with Gasteiger partial charge in [0.2, 0.25) is 11.8 Å². The SMILES string of the molecule is CC(=O)N1CCCC[C@@H]1C(=O)Nc1ccc(N(Cc2ccc(C(F)(F)F)cc2)CC(C)C)c(Cl)c1. The summed E-state index contributed by atoms with van der Waals surface area (Å²) >= 11 is 6.60. The van der Waals surface area contributed by atoms with E-state index in [0.717, 1.165) is 36.2 Å². The van der Waals surface area contributed by atoms with E-state index in [1.165, 1.54) is 19.1 Å². The van der Waals surface area contributed by atoms with Gasteiger partial charge in [0.05, 0.1) is 16.3 Å². The molecule has 0 radical (unpaired) electrons. The summed E-state index contributed by atoms with van der Waals surface area (Å²) in [6, 6.07) is 9.82. The summed E-state index contributed by atoms with van der Waals surface area (Å²) in [4.78, 5) is 28.4. The fourth-order valence-electron chi connectivity index (χ4n) is 4.36. The number of carbonyl (C=O) groups is 2. The van der Waals surface area contributed by atoms with Crippen LogP contribution < -0.4 is 10.2 Å². The molecule has 0 bridgehead atoms. The van der Waals surface area contributed by atoms with E-state index in [9.17, 15) is 22.8 Å². The molecule has 35 heavy (non-hydrogen) atoms. The number of nitrogens with one attached hydrogen (secondary N) is 1. The van der Waals surface area contributed by atoms with Crippen molar-refractivity contribution in [3.05, 3.63) is 58.6 Å². The molecule has 190 valence electrons. The number of benzene rings is 2. The van der Waals surface area contributed by atoms with Crippen LogP contribution in [0.5, 0.6) is 0 Å². The zero-order chi connectivity index (χ0) is 25.8. The van der Waals surface area contributed by atoms with Gasteiger partial charge < -0.3 is 15.1 Å². The smallest absolute Gasteiger partial charge is 0.366 e. The summed E-state index contributed by atoms with van der Waals surface area (Å²) in [7, 11) is 0. The van der Waals surface area contributed by atoms with Gasteiger partial charge in [-0.05, 0) is 61.1 Å². The number of likely N-dealkylation sites (tertiary alicyclic amines) is 1.